The largest absolute Gasteiger partial charge is 0.496 e. The fraction of sp³-hybridized carbons (Fsp3) is 0.263. The van der Waals surface area contributed by atoms with Gasteiger partial charge in [-0.15, -0.1) is 0 Å². The second-order valence-corrected chi connectivity index (χ2v) is 6.07. The molecule has 0 fully saturated rings. The number of amides is 2. The Morgan fingerprint density at radius 3 is 2.46 bits per heavy atom. The first-order valence-corrected chi connectivity index (χ1v) is 8.31. The molecular formula is C19H21ClN2O4. The molecular weight excluding hydrogens is 356 g/mol. The summed E-state index contributed by atoms with van der Waals surface area (Å²) < 4.78 is 10.4. The van der Waals surface area contributed by atoms with Crippen LogP contribution in [0.25, 0.3) is 0 Å². The topological polar surface area (TPSA) is 67.9 Å². The number of para-hydroxylation sites is 1. The second kappa shape index (κ2) is 9.10. The number of hydrogen-bond acceptors (Lipinski definition) is 4. The predicted molar refractivity (Wildman–Crippen MR) is 101 cm³/mol. The third kappa shape index (κ3) is 5.13. The van der Waals surface area contributed by atoms with Crippen molar-refractivity contribution < 1.29 is 19.1 Å². The van der Waals surface area contributed by atoms with Gasteiger partial charge in [0.05, 0.1) is 32.9 Å². The van der Waals surface area contributed by atoms with Crippen LogP contribution in [0.5, 0.6) is 11.5 Å². The lowest BCUT2D eigenvalue weighted by Gasteiger charge is -2.18. The van der Waals surface area contributed by atoms with E-state index >= 15 is 0 Å². The molecule has 0 aromatic heterocycles. The van der Waals surface area contributed by atoms with Gasteiger partial charge in [-0.25, -0.2) is 0 Å². The third-order valence-electron chi connectivity index (χ3n) is 3.78. The quantitative estimate of drug-likeness (QED) is 0.806. The number of ether oxygens (including phenoxy) is 2. The van der Waals surface area contributed by atoms with Crippen molar-refractivity contribution in [2.75, 3.05) is 33.1 Å². The summed E-state index contributed by atoms with van der Waals surface area (Å²) in [5.74, 6) is 0.595. The van der Waals surface area contributed by atoms with Crippen LogP contribution in [0.3, 0.4) is 0 Å². The molecule has 2 rings (SSSR count). The number of likely N-dealkylation sites (N-methyl/N-ethyl adjacent to an activating group) is 1. The first-order chi connectivity index (χ1) is 12.4. The molecule has 0 atom stereocenters. The number of hydrogen-bond donors (Lipinski definition) is 1. The summed E-state index contributed by atoms with van der Waals surface area (Å²) in [4.78, 5) is 26.0. The standard InChI is InChI=1S/C19H21ClN2O4/c1-22(19(24)10-13-6-4-5-7-16(13)25-2)12-18(23)21-15-11-14(20)8-9-17(15)26-3/h4-9,11H,10,12H2,1-3H3,(H,21,23). The molecule has 7 heteroatoms. The van der Waals surface area contributed by atoms with Crippen molar-refractivity contribution in [3.05, 3.63) is 53.1 Å². The summed E-state index contributed by atoms with van der Waals surface area (Å²) >= 11 is 5.95. The molecule has 0 heterocycles. The van der Waals surface area contributed by atoms with Crippen molar-refractivity contribution in [3.8, 4) is 11.5 Å². The monoisotopic (exact) mass is 376 g/mol. The second-order valence-electron chi connectivity index (χ2n) is 5.63. The molecule has 0 saturated carbocycles. The number of carbonyl (C=O) groups excluding carboxylic acids is 2. The Morgan fingerprint density at radius 1 is 1.08 bits per heavy atom. The molecule has 0 radical (unpaired) electrons. The minimum atomic E-state index is -0.346. The highest BCUT2D eigenvalue weighted by atomic mass is 35.5. The van der Waals surface area contributed by atoms with Crippen LogP contribution in [0.4, 0.5) is 5.69 Å². The fourth-order valence-electron chi connectivity index (χ4n) is 2.42. The molecule has 0 aliphatic heterocycles. The number of methoxy groups -OCH3 is 2. The van der Waals surface area contributed by atoms with Crippen molar-refractivity contribution in [3.63, 3.8) is 0 Å². The smallest absolute Gasteiger partial charge is 0.244 e. The van der Waals surface area contributed by atoms with Crippen molar-refractivity contribution in [1.29, 1.82) is 0 Å². The van der Waals surface area contributed by atoms with E-state index in [0.29, 0.717) is 22.2 Å². The zero-order chi connectivity index (χ0) is 19.1. The summed E-state index contributed by atoms with van der Waals surface area (Å²) in [6.45, 7) is -0.0936. The lowest BCUT2D eigenvalue weighted by Crippen LogP contribution is -2.35. The average Bonchev–Trinajstić information content (AvgIpc) is 2.62. The number of halogens is 1. The van der Waals surface area contributed by atoms with Gasteiger partial charge in [0.1, 0.15) is 11.5 Å². The molecule has 0 aliphatic rings. The van der Waals surface area contributed by atoms with Gasteiger partial charge in [-0.1, -0.05) is 29.8 Å². The Balaban J connectivity index is 1.98. The van der Waals surface area contributed by atoms with Gasteiger partial charge in [0, 0.05) is 17.6 Å². The lowest BCUT2D eigenvalue weighted by molar-refractivity contribution is -0.132. The summed E-state index contributed by atoms with van der Waals surface area (Å²) in [6.07, 6.45) is 0.147. The zero-order valence-electron chi connectivity index (χ0n) is 14.9. The number of anilines is 1. The van der Waals surface area contributed by atoms with Gasteiger partial charge in [0.2, 0.25) is 11.8 Å². The summed E-state index contributed by atoms with van der Waals surface area (Å²) in [5.41, 5.74) is 1.22. The molecule has 1 N–H and O–H groups in total. The van der Waals surface area contributed by atoms with Gasteiger partial charge in [0.25, 0.3) is 0 Å². The van der Waals surface area contributed by atoms with Crippen molar-refractivity contribution in [2.24, 2.45) is 0 Å². The van der Waals surface area contributed by atoms with Gasteiger partial charge < -0.3 is 19.7 Å². The SMILES string of the molecule is COc1ccccc1CC(=O)N(C)CC(=O)Nc1cc(Cl)ccc1OC. The van der Waals surface area contributed by atoms with Gasteiger partial charge in [0.15, 0.2) is 0 Å². The van der Waals surface area contributed by atoms with Gasteiger partial charge in [-0.2, -0.15) is 0 Å². The van der Waals surface area contributed by atoms with Crippen LogP contribution in [0.15, 0.2) is 42.5 Å². The van der Waals surface area contributed by atoms with Gasteiger partial charge in [-0.3, -0.25) is 9.59 Å². The molecule has 0 unspecified atom stereocenters. The Bertz CT molecular complexity index is 795. The van der Waals surface area contributed by atoms with Gasteiger partial charge >= 0.3 is 0 Å². The van der Waals surface area contributed by atoms with Crippen LogP contribution in [0.1, 0.15) is 5.56 Å². The van der Waals surface area contributed by atoms with E-state index in [0.717, 1.165) is 5.56 Å². The molecule has 138 valence electrons. The Labute approximate surface area is 157 Å². The Hall–Kier alpha value is -2.73. The summed E-state index contributed by atoms with van der Waals surface area (Å²) in [5, 5.41) is 3.18. The highest BCUT2D eigenvalue weighted by molar-refractivity contribution is 6.31. The number of carbonyl (C=O) groups is 2. The third-order valence-corrected chi connectivity index (χ3v) is 4.01. The minimum Gasteiger partial charge on any atom is -0.496 e. The summed E-state index contributed by atoms with van der Waals surface area (Å²) in [7, 11) is 4.63. The summed E-state index contributed by atoms with van der Waals surface area (Å²) in [6, 6.07) is 12.2. The van der Waals surface area contributed by atoms with Crippen LogP contribution in [-0.2, 0) is 16.0 Å². The molecule has 0 bridgehead atoms. The first-order valence-electron chi connectivity index (χ1n) is 7.94. The van der Waals surface area contributed by atoms with E-state index in [1.54, 1.807) is 38.4 Å². The lowest BCUT2D eigenvalue weighted by atomic mass is 10.1. The van der Waals surface area contributed by atoms with E-state index in [-0.39, 0.29) is 24.8 Å². The maximum atomic E-state index is 12.4. The van der Waals surface area contributed by atoms with Gasteiger partial charge in [-0.05, 0) is 24.3 Å². The number of rotatable bonds is 7. The highest BCUT2D eigenvalue weighted by Crippen LogP contribution is 2.27. The zero-order valence-corrected chi connectivity index (χ0v) is 15.7. The molecule has 0 saturated heterocycles. The molecule has 2 aromatic carbocycles. The molecule has 6 nitrogen and oxygen atoms in total. The Morgan fingerprint density at radius 2 is 1.77 bits per heavy atom. The maximum absolute atomic E-state index is 12.4. The molecule has 26 heavy (non-hydrogen) atoms. The van der Waals surface area contributed by atoms with E-state index in [1.165, 1.54) is 12.0 Å². The van der Waals surface area contributed by atoms with E-state index < -0.39 is 0 Å². The number of benzene rings is 2. The predicted octanol–water partition coefficient (Wildman–Crippen LogP) is 3.00. The fourth-order valence-corrected chi connectivity index (χ4v) is 2.59. The van der Waals surface area contributed by atoms with Crippen molar-refractivity contribution in [1.82, 2.24) is 4.90 Å². The normalized spacial score (nSPS) is 10.2. The number of nitrogens with one attached hydrogen (secondary N) is 1. The minimum absolute atomic E-state index is 0.0936. The van der Waals surface area contributed by atoms with Crippen LogP contribution < -0.4 is 14.8 Å². The van der Waals surface area contributed by atoms with Crippen molar-refractivity contribution >= 4 is 29.1 Å². The van der Waals surface area contributed by atoms with Crippen LogP contribution in [-0.4, -0.2) is 44.5 Å². The molecule has 0 spiro atoms. The Kier molecular flexibility index (Phi) is 6.86. The van der Waals surface area contributed by atoms with E-state index in [2.05, 4.69) is 5.32 Å². The van der Waals surface area contributed by atoms with Crippen LogP contribution in [0, 0.1) is 0 Å². The highest BCUT2D eigenvalue weighted by Gasteiger charge is 2.16. The average molecular weight is 377 g/mol. The number of nitrogens with zero attached hydrogens (tertiary/aromatic N) is 1. The van der Waals surface area contributed by atoms with Crippen LogP contribution in [0.2, 0.25) is 5.02 Å². The van der Waals surface area contributed by atoms with Crippen molar-refractivity contribution in [2.45, 2.75) is 6.42 Å². The first kappa shape index (κ1) is 19.6. The molecule has 2 amide bonds. The maximum Gasteiger partial charge on any atom is 0.244 e. The molecule has 2 aromatic rings. The van der Waals surface area contributed by atoms with E-state index in [9.17, 15) is 9.59 Å². The molecule has 0 aliphatic carbocycles. The van der Waals surface area contributed by atoms with E-state index in [4.69, 9.17) is 21.1 Å². The van der Waals surface area contributed by atoms with E-state index in [1.807, 2.05) is 18.2 Å². The van der Waals surface area contributed by atoms with Crippen LogP contribution >= 0.6 is 11.6 Å².